The first kappa shape index (κ1) is 23.4. The van der Waals surface area contributed by atoms with Crippen LogP contribution < -0.4 is 5.56 Å². The Labute approximate surface area is 198 Å². The van der Waals surface area contributed by atoms with E-state index in [-0.39, 0.29) is 17.2 Å². The van der Waals surface area contributed by atoms with Gasteiger partial charge in [0, 0.05) is 20.3 Å². The monoisotopic (exact) mass is 459 g/mol. The summed E-state index contributed by atoms with van der Waals surface area (Å²) in [5, 5.41) is 0.532. The predicted molar refractivity (Wildman–Crippen MR) is 131 cm³/mol. The Bertz CT molecular complexity index is 1310. The van der Waals surface area contributed by atoms with Crippen molar-refractivity contribution in [1.82, 2.24) is 14.5 Å². The van der Waals surface area contributed by atoms with Gasteiger partial charge in [-0.2, -0.15) is 0 Å². The molecule has 176 valence electrons. The van der Waals surface area contributed by atoms with Gasteiger partial charge in [-0.1, -0.05) is 36.8 Å². The van der Waals surface area contributed by atoms with Gasteiger partial charge in [-0.05, 0) is 56.2 Å². The lowest BCUT2D eigenvalue weighted by Crippen LogP contribution is -2.39. The van der Waals surface area contributed by atoms with E-state index in [1.54, 1.807) is 34.8 Å². The standard InChI is InChI=1S/C27H29N3O4/c1-4-23(29(16-8-17-33-3)27(32)24-11-7-18-34-24)25-28-22-10-6-5-9-21(22)26(31)30(25)20-14-12-19(2)13-15-20/h5-7,9-15,18,23H,4,8,16-17H2,1-3H3. The molecule has 0 radical (unpaired) electrons. The van der Waals surface area contributed by atoms with Crippen molar-refractivity contribution in [3.05, 3.63) is 94.4 Å². The first-order valence-electron chi connectivity index (χ1n) is 11.5. The summed E-state index contributed by atoms with van der Waals surface area (Å²) >= 11 is 0. The third kappa shape index (κ3) is 4.65. The fourth-order valence-corrected chi connectivity index (χ4v) is 4.18. The second-order valence-corrected chi connectivity index (χ2v) is 8.21. The molecule has 1 amide bonds. The van der Waals surface area contributed by atoms with Gasteiger partial charge in [0.2, 0.25) is 0 Å². The molecule has 34 heavy (non-hydrogen) atoms. The maximum absolute atomic E-state index is 13.7. The second-order valence-electron chi connectivity index (χ2n) is 8.21. The van der Waals surface area contributed by atoms with Gasteiger partial charge < -0.3 is 14.1 Å². The smallest absolute Gasteiger partial charge is 0.290 e. The summed E-state index contributed by atoms with van der Waals surface area (Å²) in [5.74, 6) is 0.527. The number of hydrogen-bond acceptors (Lipinski definition) is 5. The molecule has 1 atom stereocenters. The van der Waals surface area contributed by atoms with Crippen LogP contribution in [0.2, 0.25) is 0 Å². The maximum atomic E-state index is 13.7. The zero-order valence-corrected chi connectivity index (χ0v) is 19.7. The number of carbonyl (C=O) groups excluding carboxylic acids is 1. The van der Waals surface area contributed by atoms with E-state index in [9.17, 15) is 9.59 Å². The molecule has 2 aromatic carbocycles. The van der Waals surface area contributed by atoms with E-state index in [0.29, 0.717) is 48.4 Å². The quantitative estimate of drug-likeness (QED) is 0.332. The van der Waals surface area contributed by atoms with Crippen LogP contribution in [0.15, 0.2) is 76.1 Å². The number of fused-ring (bicyclic) bond motifs is 1. The normalized spacial score (nSPS) is 12.1. The molecule has 7 nitrogen and oxygen atoms in total. The average Bonchev–Trinajstić information content (AvgIpc) is 3.39. The highest BCUT2D eigenvalue weighted by Crippen LogP contribution is 2.28. The highest BCUT2D eigenvalue weighted by Gasteiger charge is 2.30. The third-order valence-corrected chi connectivity index (χ3v) is 5.90. The molecule has 2 heterocycles. The molecule has 7 heteroatoms. The molecule has 0 saturated heterocycles. The lowest BCUT2D eigenvalue weighted by molar-refractivity contribution is 0.0602. The Morgan fingerprint density at radius 1 is 1.12 bits per heavy atom. The molecular formula is C27H29N3O4. The van der Waals surface area contributed by atoms with Crippen LogP contribution in [0.5, 0.6) is 0 Å². The van der Waals surface area contributed by atoms with Crippen LogP contribution in [-0.4, -0.2) is 40.6 Å². The number of para-hydroxylation sites is 1. The Morgan fingerprint density at radius 2 is 1.88 bits per heavy atom. The number of carbonyl (C=O) groups is 1. The first-order valence-corrected chi connectivity index (χ1v) is 11.5. The number of amides is 1. The Morgan fingerprint density at radius 3 is 2.56 bits per heavy atom. The molecule has 0 N–H and O–H groups in total. The van der Waals surface area contributed by atoms with Gasteiger partial charge in [0.1, 0.15) is 5.82 Å². The fraction of sp³-hybridized carbons (Fsp3) is 0.296. The minimum Gasteiger partial charge on any atom is -0.459 e. The molecular weight excluding hydrogens is 430 g/mol. The summed E-state index contributed by atoms with van der Waals surface area (Å²) in [6, 6.07) is 17.9. The Kier molecular flexibility index (Phi) is 7.23. The van der Waals surface area contributed by atoms with E-state index in [2.05, 4.69) is 0 Å². The van der Waals surface area contributed by atoms with E-state index in [0.717, 1.165) is 5.56 Å². The summed E-state index contributed by atoms with van der Waals surface area (Å²) in [6.07, 6.45) is 2.69. The van der Waals surface area contributed by atoms with Crippen molar-refractivity contribution in [2.75, 3.05) is 20.3 Å². The van der Waals surface area contributed by atoms with Crippen LogP contribution in [-0.2, 0) is 4.74 Å². The minimum absolute atomic E-state index is 0.162. The van der Waals surface area contributed by atoms with Gasteiger partial charge in [0.05, 0.1) is 28.9 Å². The highest BCUT2D eigenvalue weighted by molar-refractivity contribution is 5.91. The van der Waals surface area contributed by atoms with Gasteiger partial charge in [-0.25, -0.2) is 4.98 Å². The number of hydrogen-bond donors (Lipinski definition) is 0. The van der Waals surface area contributed by atoms with Crippen LogP contribution in [0.4, 0.5) is 0 Å². The topological polar surface area (TPSA) is 77.6 Å². The zero-order valence-electron chi connectivity index (χ0n) is 19.7. The van der Waals surface area contributed by atoms with Gasteiger partial charge >= 0.3 is 0 Å². The molecule has 2 aromatic heterocycles. The lowest BCUT2D eigenvalue weighted by Gasteiger charge is -2.32. The third-order valence-electron chi connectivity index (χ3n) is 5.90. The molecule has 0 saturated carbocycles. The molecule has 0 bridgehead atoms. The van der Waals surface area contributed by atoms with Crippen LogP contribution in [0.25, 0.3) is 16.6 Å². The lowest BCUT2D eigenvalue weighted by atomic mass is 10.1. The maximum Gasteiger partial charge on any atom is 0.290 e. The predicted octanol–water partition coefficient (Wildman–Crippen LogP) is 4.92. The number of nitrogens with zero attached hydrogens (tertiary/aromatic N) is 3. The van der Waals surface area contributed by atoms with Crippen molar-refractivity contribution in [2.24, 2.45) is 0 Å². The number of aromatic nitrogens is 2. The Balaban J connectivity index is 1.91. The summed E-state index contributed by atoms with van der Waals surface area (Å²) in [4.78, 5) is 33.9. The summed E-state index contributed by atoms with van der Waals surface area (Å²) < 4.78 is 12.3. The first-order chi connectivity index (χ1) is 16.5. The van der Waals surface area contributed by atoms with Crippen molar-refractivity contribution in [1.29, 1.82) is 0 Å². The molecule has 4 rings (SSSR count). The van der Waals surface area contributed by atoms with Crippen LogP contribution in [0.1, 0.15) is 47.7 Å². The summed E-state index contributed by atoms with van der Waals surface area (Å²) in [6.45, 7) is 4.93. The van der Waals surface area contributed by atoms with Gasteiger partial charge in [-0.3, -0.25) is 14.2 Å². The number of rotatable bonds is 9. The molecule has 1 unspecified atom stereocenters. The van der Waals surface area contributed by atoms with Gasteiger partial charge in [-0.15, -0.1) is 0 Å². The van der Waals surface area contributed by atoms with E-state index in [1.807, 2.05) is 56.3 Å². The van der Waals surface area contributed by atoms with Gasteiger partial charge in [0.25, 0.3) is 11.5 Å². The second kappa shape index (κ2) is 10.5. The molecule has 4 aromatic rings. The fourth-order valence-electron chi connectivity index (χ4n) is 4.18. The van der Waals surface area contributed by atoms with E-state index < -0.39 is 6.04 Å². The van der Waals surface area contributed by atoms with Crippen molar-refractivity contribution in [3.8, 4) is 5.69 Å². The summed E-state index contributed by atoms with van der Waals surface area (Å²) in [7, 11) is 1.63. The molecule has 0 aliphatic heterocycles. The molecule has 0 fully saturated rings. The SMILES string of the molecule is CCC(c1nc2ccccc2c(=O)n1-c1ccc(C)cc1)N(CCCOC)C(=O)c1ccco1. The largest absolute Gasteiger partial charge is 0.459 e. The van der Waals surface area contributed by atoms with Crippen molar-refractivity contribution < 1.29 is 13.9 Å². The number of ether oxygens (including phenoxy) is 1. The summed E-state index contributed by atoms with van der Waals surface area (Å²) in [5.41, 5.74) is 2.25. The Hall–Kier alpha value is -3.71. The van der Waals surface area contributed by atoms with E-state index >= 15 is 0 Å². The minimum atomic E-state index is -0.451. The molecule has 0 spiro atoms. The number of aryl methyl sites for hydroxylation is 1. The zero-order chi connectivity index (χ0) is 24.1. The molecule has 0 aliphatic carbocycles. The van der Waals surface area contributed by atoms with E-state index in [4.69, 9.17) is 14.1 Å². The number of furan rings is 1. The van der Waals surface area contributed by atoms with Crippen LogP contribution >= 0.6 is 0 Å². The van der Waals surface area contributed by atoms with Crippen molar-refractivity contribution in [3.63, 3.8) is 0 Å². The van der Waals surface area contributed by atoms with Gasteiger partial charge in [0.15, 0.2) is 5.76 Å². The average molecular weight is 460 g/mol. The number of benzene rings is 2. The highest BCUT2D eigenvalue weighted by atomic mass is 16.5. The van der Waals surface area contributed by atoms with Crippen LogP contribution in [0.3, 0.4) is 0 Å². The number of methoxy groups -OCH3 is 1. The van der Waals surface area contributed by atoms with Crippen LogP contribution in [0, 0.1) is 6.92 Å². The molecule has 0 aliphatic rings. The van der Waals surface area contributed by atoms with Crippen molar-refractivity contribution in [2.45, 2.75) is 32.7 Å². The van der Waals surface area contributed by atoms with Crippen molar-refractivity contribution >= 4 is 16.8 Å². The van der Waals surface area contributed by atoms with E-state index in [1.165, 1.54) is 6.26 Å².